The smallest absolute Gasteiger partial charge is 0.321 e. The molecule has 2 aliphatic rings. The second-order valence-corrected chi connectivity index (χ2v) is 7.87. The average Bonchev–Trinajstić information content (AvgIpc) is 2.80. The first kappa shape index (κ1) is 20.5. The number of nitrogens with one attached hydrogen (secondary N) is 1. The molecule has 30 heavy (non-hydrogen) atoms. The quantitative estimate of drug-likeness (QED) is 0.833. The molecule has 6 nitrogen and oxygen atoms in total. The van der Waals surface area contributed by atoms with Crippen LogP contribution in [0.3, 0.4) is 0 Å². The van der Waals surface area contributed by atoms with E-state index in [0.717, 1.165) is 63.5 Å². The Morgan fingerprint density at radius 3 is 2.50 bits per heavy atom. The first-order valence-corrected chi connectivity index (χ1v) is 10.6. The molecule has 0 bridgehead atoms. The van der Waals surface area contributed by atoms with Gasteiger partial charge in [-0.3, -0.25) is 4.90 Å². The summed E-state index contributed by atoms with van der Waals surface area (Å²) in [5.41, 5.74) is 1.76. The van der Waals surface area contributed by atoms with Crippen LogP contribution in [0.15, 0.2) is 48.5 Å². The van der Waals surface area contributed by atoms with Gasteiger partial charge in [0.25, 0.3) is 0 Å². The number of carbonyl (C=O) groups is 1. The lowest BCUT2D eigenvalue weighted by Crippen LogP contribution is -2.56. The van der Waals surface area contributed by atoms with Crippen molar-refractivity contribution in [1.82, 2.24) is 9.80 Å². The molecule has 2 amide bonds. The molecule has 2 fully saturated rings. The molecule has 4 rings (SSSR count). The van der Waals surface area contributed by atoms with Crippen LogP contribution < -0.4 is 15.0 Å². The van der Waals surface area contributed by atoms with Gasteiger partial charge in [-0.15, -0.1) is 0 Å². The Morgan fingerprint density at radius 1 is 1.03 bits per heavy atom. The lowest BCUT2D eigenvalue weighted by molar-refractivity contribution is 0.108. The molecule has 2 heterocycles. The SMILES string of the molecule is COc1ccccc1N1CCN(C2CCCN(C(=O)Nc3ccc(F)cc3)C2)CC1. The molecule has 0 aromatic heterocycles. The zero-order valence-electron chi connectivity index (χ0n) is 17.4. The minimum Gasteiger partial charge on any atom is -0.495 e. The molecule has 7 heteroatoms. The molecule has 0 spiro atoms. The Kier molecular flexibility index (Phi) is 6.38. The normalized spacial score (nSPS) is 20.1. The standard InChI is InChI=1S/C23H29FN4O2/c1-30-22-7-3-2-6-21(22)27-15-13-26(14-16-27)20-5-4-12-28(17-20)23(29)25-19-10-8-18(24)9-11-19/h2-3,6-11,20H,4-5,12-17H2,1H3,(H,25,29). The molecule has 2 saturated heterocycles. The van der Waals surface area contributed by atoms with Gasteiger partial charge in [-0.2, -0.15) is 0 Å². The number of hydrogen-bond acceptors (Lipinski definition) is 4. The van der Waals surface area contributed by atoms with Gasteiger partial charge in [-0.25, -0.2) is 9.18 Å². The maximum atomic E-state index is 13.1. The number of methoxy groups -OCH3 is 1. The average molecular weight is 413 g/mol. The fourth-order valence-electron chi connectivity index (χ4n) is 4.39. The van der Waals surface area contributed by atoms with E-state index in [2.05, 4.69) is 21.2 Å². The highest BCUT2D eigenvalue weighted by Gasteiger charge is 2.30. The van der Waals surface area contributed by atoms with Crippen LogP contribution in [0.2, 0.25) is 0 Å². The largest absolute Gasteiger partial charge is 0.495 e. The molecule has 2 aromatic carbocycles. The van der Waals surface area contributed by atoms with Gasteiger partial charge in [-0.05, 0) is 49.2 Å². The van der Waals surface area contributed by atoms with Gasteiger partial charge in [0.15, 0.2) is 0 Å². The third kappa shape index (κ3) is 4.67. The Bertz CT molecular complexity index is 853. The van der Waals surface area contributed by atoms with E-state index >= 15 is 0 Å². The van der Waals surface area contributed by atoms with Gasteiger partial charge in [-0.1, -0.05) is 12.1 Å². The van der Waals surface area contributed by atoms with Gasteiger partial charge in [0.1, 0.15) is 11.6 Å². The number of anilines is 2. The Labute approximate surface area is 177 Å². The number of halogens is 1. The number of nitrogens with zero attached hydrogens (tertiary/aromatic N) is 3. The van der Waals surface area contributed by atoms with Gasteiger partial charge in [0.05, 0.1) is 12.8 Å². The fraction of sp³-hybridized carbons (Fsp3) is 0.435. The van der Waals surface area contributed by atoms with Gasteiger partial charge in [0, 0.05) is 51.0 Å². The molecule has 0 saturated carbocycles. The van der Waals surface area contributed by atoms with Gasteiger partial charge >= 0.3 is 6.03 Å². The van der Waals surface area contributed by atoms with Crippen LogP contribution in [-0.4, -0.2) is 68.3 Å². The highest BCUT2D eigenvalue weighted by Crippen LogP contribution is 2.29. The zero-order valence-corrected chi connectivity index (χ0v) is 17.4. The molecule has 0 aliphatic carbocycles. The summed E-state index contributed by atoms with van der Waals surface area (Å²) < 4.78 is 18.6. The predicted octanol–water partition coefficient (Wildman–Crippen LogP) is 3.65. The van der Waals surface area contributed by atoms with Crippen molar-refractivity contribution in [1.29, 1.82) is 0 Å². The van der Waals surface area contributed by atoms with E-state index in [0.29, 0.717) is 11.7 Å². The summed E-state index contributed by atoms with van der Waals surface area (Å²) >= 11 is 0. The van der Waals surface area contributed by atoms with E-state index in [9.17, 15) is 9.18 Å². The van der Waals surface area contributed by atoms with Crippen LogP contribution in [0.1, 0.15) is 12.8 Å². The van der Waals surface area contributed by atoms with Crippen molar-refractivity contribution in [3.8, 4) is 5.75 Å². The minimum absolute atomic E-state index is 0.112. The number of amides is 2. The summed E-state index contributed by atoms with van der Waals surface area (Å²) in [6, 6.07) is 14.3. The van der Waals surface area contributed by atoms with Gasteiger partial charge < -0.3 is 19.9 Å². The molecule has 2 aromatic rings. The summed E-state index contributed by atoms with van der Waals surface area (Å²) in [4.78, 5) is 19.4. The monoisotopic (exact) mass is 412 g/mol. The van der Waals surface area contributed by atoms with Crippen LogP contribution in [0.4, 0.5) is 20.6 Å². The molecule has 1 unspecified atom stereocenters. The number of hydrogen-bond donors (Lipinski definition) is 1. The first-order chi connectivity index (χ1) is 14.6. The highest BCUT2D eigenvalue weighted by atomic mass is 19.1. The lowest BCUT2D eigenvalue weighted by atomic mass is 10.0. The fourth-order valence-corrected chi connectivity index (χ4v) is 4.39. The van der Waals surface area contributed by atoms with Crippen LogP contribution in [-0.2, 0) is 0 Å². The number of ether oxygens (including phenoxy) is 1. The van der Waals surface area contributed by atoms with E-state index in [1.807, 2.05) is 23.1 Å². The van der Waals surface area contributed by atoms with Crippen LogP contribution in [0.25, 0.3) is 0 Å². The maximum Gasteiger partial charge on any atom is 0.321 e. The topological polar surface area (TPSA) is 48.1 Å². The first-order valence-electron chi connectivity index (χ1n) is 10.6. The van der Waals surface area contributed by atoms with E-state index in [1.54, 1.807) is 19.2 Å². The number of benzene rings is 2. The summed E-state index contributed by atoms with van der Waals surface area (Å²) in [5.74, 6) is 0.602. The summed E-state index contributed by atoms with van der Waals surface area (Å²) in [5, 5.41) is 2.88. The minimum atomic E-state index is -0.307. The van der Waals surface area contributed by atoms with Crippen molar-refractivity contribution >= 4 is 17.4 Å². The molecular formula is C23H29FN4O2. The van der Waals surface area contributed by atoms with Crippen LogP contribution in [0, 0.1) is 5.82 Å². The molecule has 0 radical (unpaired) electrons. The highest BCUT2D eigenvalue weighted by molar-refractivity contribution is 5.89. The van der Waals surface area contributed by atoms with Crippen molar-refractivity contribution in [3.05, 3.63) is 54.3 Å². The Balaban J connectivity index is 1.32. The lowest BCUT2D eigenvalue weighted by Gasteiger charge is -2.44. The number of piperidine rings is 1. The number of rotatable bonds is 4. The third-order valence-electron chi connectivity index (χ3n) is 6.04. The molecule has 1 N–H and O–H groups in total. The van der Waals surface area contributed by atoms with Crippen LogP contribution >= 0.6 is 0 Å². The number of likely N-dealkylation sites (tertiary alicyclic amines) is 1. The van der Waals surface area contributed by atoms with Crippen molar-refractivity contribution in [2.24, 2.45) is 0 Å². The van der Waals surface area contributed by atoms with Crippen LogP contribution in [0.5, 0.6) is 5.75 Å². The molecule has 160 valence electrons. The molecule has 2 aliphatic heterocycles. The molecular weight excluding hydrogens is 383 g/mol. The van der Waals surface area contributed by atoms with E-state index in [4.69, 9.17) is 4.74 Å². The van der Waals surface area contributed by atoms with E-state index in [1.165, 1.54) is 12.1 Å². The number of para-hydroxylation sites is 2. The summed E-state index contributed by atoms with van der Waals surface area (Å²) in [7, 11) is 1.71. The maximum absolute atomic E-state index is 13.1. The van der Waals surface area contributed by atoms with Crippen molar-refractivity contribution in [2.45, 2.75) is 18.9 Å². The third-order valence-corrected chi connectivity index (χ3v) is 6.04. The summed E-state index contributed by atoms with van der Waals surface area (Å²) in [6.07, 6.45) is 2.10. The second kappa shape index (κ2) is 9.34. The molecule has 1 atom stereocenters. The summed E-state index contributed by atoms with van der Waals surface area (Å²) in [6.45, 7) is 5.30. The van der Waals surface area contributed by atoms with E-state index in [-0.39, 0.29) is 11.8 Å². The number of urea groups is 1. The number of carbonyl (C=O) groups excluding carboxylic acids is 1. The van der Waals surface area contributed by atoms with E-state index < -0.39 is 0 Å². The number of piperazine rings is 1. The van der Waals surface area contributed by atoms with Crippen molar-refractivity contribution < 1.29 is 13.9 Å². The van der Waals surface area contributed by atoms with Gasteiger partial charge in [0.2, 0.25) is 0 Å². The zero-order chi connectivity index (χ0) is 20.9. The predicted molar refractivity (Wildman–Crippen MR) is 117 cm³/mol. The second-order valence-electron chi connectivity index (χ2n) is 7.87. The van der Waals surface area contributed by atoms with Crippen molar-refractivity contribution in [3.63, 3.8) is 0 Å². The Morgan fingerprint density at radius 2 is 1.77 bits per heavy atom. The van der Waals surface area contributed by atoms with Crippen molar-refractivity contribution in [2.75, 3.05) is 56.6 Å². The Hall–Kier alpha value is -2.80.